The van der Waals surface area contributed by atoms with E-state index in [0.29, 0.717) is 24.3 Å². The standard InChI is InChI=1S/C16H22ClN3O3/c1-16(2,3)23-15(22)20-8-5-11(6-9-20)19-13-10-18-7-4-12(13)14(17)21/h4,7,10-11,19H,5-6,8-9H2,1-3H3. The number of carbonyl (C=O) groups is 2. The fourth-order valence-electron chi connectivity index (χ4n) is 2.43. The molecule has 0 aromatic carbocycles. The Bertz CT molecular complexity index is 578. The Balaban J connectivity index is 1.91. The van der Waals surface area contributed by atoms with E-state index in [1.807, 2.05) is 20.8 Å². The fourth-order valence-corrected chi connectivity index (χ4v) is 2.60. The smallest absolute Gasteiger partial charge is 0.410 e. The molecule has 23 heavy (non-hydrogen) atoms. The molecular weight excluding hydrogens is 318 g/mol. The minimum Gasteiger partial charge on any atom is -0.444 e. The number of aromatic nitrogens is 1. The zero-order valence-corrected chi connectivity index (χ0v) is 14.4. The van der Waals surface area contributed by atoms with E-state index in [-0.39, 0.29) is 12.1 Å². The van der Waals surface area contributed by atoms with Crippen molar-refractivity contribution in [1.29, 1.82) is 0 Å². The first kappa shape index (κ1) is 17.5. The molecule has 0 unspecified atom stereocenters. The van der Waals surface area contributed by atoms with Crippen molar-refractivity contribution in [3.05, 3.63) is 24.0 Å². The highest BCUT2D eigenvalue weighted by Crippen LogP contribution is 2.21. The number of nitrogens with zero attached hydrogens (tertiary/aromatic N) is 2. The summed E-state index contributed by atoms with van der Waals surface area (Å²) in [6.45, 7) is 6.78. The van der Waals surface area contributed by atoms with Crippen molar-refractivity contribution < 1.29 is 14.3 Å². The maximum atomic E-state index is 12.0. The number of rotatable bonds is 3. The Morgan fingerprint density at radius 2 is 2.00 bits per heavy atom. The number of hydrogen-bond donors (Lipinski definition) is 1. The molecule has 2 rings (SSSR count). The molecule has 1 fully saturated rings. The molecule has 0 radical (unpaired) electrons. The Kier molecular flexibility index (Phi) is 5.46. The lowest BCUT2D eigenvalue weighted by molar-refractivity contribution is 0.0210. The van der Waals surface area contributed by atoms with Gasteiger partial charge in [0.1, 0.15) is 5.60 Å². The van der Waals surface area contributed by atoms with Crippen LogP contribution >= 0.6 is 11.6 Å². The third-order valence-corrected chi connectivity index (χ3v) is 3.74. The van der Waals surface area contributed by atoms with Crippen LogP contribution in [0.25, 0.3) is 0 Å². The van der Waals surface area contributed by atoms with E-state index in [1.54, 1.807) is 17.2 Å². The van der Waals surface area contributed by atoms with Gasteiger partial charge in [-0.15, -0.1) is 0 Å². The molecule has 0 aliphatic carbocycles. The highest BCUT2D eigenvalue weighted by Gasteiger charge is 2.27. The Hall–Kier alpha value is -1.82. The number of ether oxygens (including phenoxy) is 1. The largest absolute Gasteiger partial charge is 0.444 e. The summed E-state index contributed by atoms with van der Waals surface area (Å²) in [5.41, 5.74) is 0.553. The summed E-state index contributed by atoms with van der Waals surface area (Å²) >= 11 is 5.58. The zero-order valence-electron chi connectivity index (χ0n) is 13.6. The Morgan fingerprint density at radius 1 is 1.35 bits per heavy atom. The monoisotopic (exact) mass is 339 g/mol. The van der Waals surface area contributed by atoms with Crippen molar-refractivity contribution >= 4 is 28.6 Å². The molecule has 0 saturated carbocycles. The lowest BCUT2D eigenvalue weighted by atomic mass is 10.0. The molecule has 7 heteroatoms. The van der Waals surface area contributed by atoms with E-state index >= 15 is 0 Å². The van der Waals surface area contributed by atoms with Gasteiger partial charge in [0.2, 0.25) is 0 Å². The van der Waals surface area contributed by atoms with Gasteiger partial charge in [-0.25, -0.2) is 4.79 Å². The SMILES string of the molecule is CC(C)(C)OC(=O)N1CCC(Nc2cnccc2C(=O)Cl)CC1. The lowest BCUT2D eigenvalue weighted by Gasteiger charge is -2.34. The van der Waals surface area contributed by atoms with E-state index in [9.17, 15) is 9.59 Å². The van der Waals surface area contributed by atoms with Gasteiger partial charge in [-0.3, -0.25) is 9.78 Å². The number of likely N-dealkylation sites (tertiary alicyclic amines) is 1. The number of halogens is 1. The van der Waals surface area contributed by atoms with Crippen LogP contribution in [0, 0.1) is 0 Å². The predicted octanol–water partition coefficient (Wildman–Crippen LogP) is 3.27. The summed E-state index contributed by atoms with van der Waals surface area (Å²) in [5, 5.41) is 2.78. The van der Waals surface area contributed by atoms with Crippen LogP contribution in [0.15, 0.2) is 18.5 Å². The van der Waals surface area contributed by atoms with Crippen molar-refractivity contribution in [1.82, 2.24) is 9.88 Å². The second kappa shape index (κ2) is 7.17. The fraction of sp³-hybridized carbons (Fsp3) is 0.562. The summed E-state index contributed by atoms with van der Waals surface area (Å²) in [7, 11) is 0. The van der Waals surface area contributed by atoms with E-state index in [4.69, 9.17) is 16.3 Å². The number of pyridine rings is 1. The molecule has 1 N–H and O–H groups in total. The highest BCUT2D eigenvalue weighted by atomic mass is 35.5. The van der Waals surface area contributed by atoms with Crippen LogP contribution in [-0.2, 0) is 4.74 Å². The van der Waals surface area contributed by atoms with Gasteiger partial charge >= 0.3 is 6.09 Å². The number of carbonyl (C=O) groups excluding carboxylic acids is 2. The minimum absolute atomic E-state index is 0.160. The highest BCUT2D eigenvalue weighted by molar-refractivity contribution is 6.68. The van der Waals surface area contributed by atoms with Crippen LogP contribution in [0.2, 0.25) is 0 Å². The summed E-state index contributed by atoms with van der Waals surface area (Å²) in [6.07, 6.45) is 4.38. The molecule has 1 saturated heterocycles. The molecule has 1 aliphatic rings. The van der Waals surface area contributed by atoms with Crippen molar-refractivity contribution in [2.45, 2.75) is 45.3 Å². The van der Waals surface area contributed by atoms with Crippen LogP contribution in [-0.4, -0.2) is 46.0 Å². The molecule has 1 amide bonds. The van der Waals surface area contributed by atoms with Gasteiger partial charge in [0.05, 0.1) is 17.4 Å². The summed E-state index contributed by atoms with van der Waals surface area (Å²) in [6, 6.07) is 1.75. The predicted molar refractivity (Wildman–Crippen MR) is 88.9 cm³/mol. The molecule has 1 aromatic rings. The van der Waals surface area contributed by atoms with Crippen molar-refractivity contribution in [3.8, 4) is 0 Å². The third kappa shape index (κ3) is 5.10. The van der Waals surface area contributed by atoms with Crippen LogP contribution in [0.1, 0.15) is 44.0 Å². The number of hydrogen-bond acceptors (Lipinski definition) is 5. The molecular formula is C16H22ClN3O3. The number of nitrogens with one attached hydrogen (secondary N) is 1. The molecule has 0 bridgehead atoms. The number of anilines is 1. The normalized spacial score (nSPS) is 16.1. The first-order valence-electron chi connectivity index (χ1n) is 7.64. The van der Waals surface area contributed by atoms with Gasteiger partial charge in [-0.05, 0) is 51.3 Å². The lowest BCUT2D eigenvalue weighted by Crippen LogP contribution is -2.44. The number of piperidine rings is 1. The maximum absolute atomic E-state index is 12.0. The molecule has 0 spiro atoms. The Morgan fingerprint density at radius 3 is 2.57 bits per heavy atom. The van der Waals surface area contributed by atoms with Gasteiger partial charge < -0.3 is 15.0 Å². The zero-order chi connectivity index (χ0) is 17.0. The summed E-state index contributed by atoms with van der Waals surface area (Å²) < 4.78 is 5.38. The van der Waals surface area contributed by atoms with Gasteiger partial charge in [0.15, 0.2) is 0 Å². The van der Waals surface area contributed by atoms with Crippen molar-refractivity contribution in [2.24, 2.45) is 0 Å². The topological polar surface area (TPSA) is 71.5 Å². The Labute approximate surface area is 141 Å². The summed E-state index contributed by atoms with van der Waals surface area (Å²) in [5.74, 6) is 0. The van der Waals surface area contributed by atoms with E-state index in [2.05, 4.69) is 10.3 Å². The molecule has 0 atom stereocenters. The van der Waals surface area contributed by atoms with Gasteiger partial charge in [0, 0.05) is 25.3 Å². The van der Waals surface area contributed by atoms with Gasteiger partial charge in [-0.2, -0.15) is 0 Å². The second-order valence-electron chi connectivity index (χ2n) is 6.58. The van der Waals surface area contributed by atoms with E-state index in [1.165, 1.54) is 6.20 Å². The first-order chi connectivity index (χ1) is 10.8. The van der Waals surface area contributed by atoms with Crippen LogP contribution in [0.3, 0.4) is 0 Å². The van der Waals surface area contributed by atoms with Gasteiger partial charge in [-0.1, -0.05) is 0 Å². The molecule has 1 aromatic heterocycles. The van der Waals surface area contributed by atoms with Crippen LogP contribution in [0.5, 0.6) is 0 Å². The molecule has 2 heterocycles. The summed E-state index contributed by atoms with van der Waals surface area (Å²) in [4.78, 5) is 29.2. The number of amides is 1. The second-order valence-corrected chi connectivity index (χ2v) is 6.92. The molecule has 6 nitrogen and oxygen atoms in total. The molecule has 126 valence electrons. The quantitative estimate of drug-likeness (QED) is 0.856. The third-order valence-electron chi connectivity index (χ3n) is 3.54. The van der Waals surface area contributed by atoms with Crippen molar-refractivity contribution in [2.75, 3.05) is 18.4 Å². The van der Waals surface area contributed by atoms with E-state index < -0.39 is 10.8 Å². The first-order valence-corrected chi connectivity index (χ1v) is 8.02. The van der Waals surface area contributed by atoms with Gasteiger partial charge in [0.25, 0.3) is 5.24 Å². The average molecular weight is 340 g/mol. The van der Waals surface area contributed by atoms with Crippen LogP contribution in [0.4, 0.5) is 10.5 Å². The van der Waals surface area contributed by atoms with Crippen LogP contribution < -0.4 is 5.32 Å². The maximum Gasteiger partial charge on any atom is 0.410 e. The van der Waals surface area contributed by atoms with E-state index in [0.717, 1.165) is 12.8 Å². The molecule has 1 aliphatic heterocycles. The minimum atomic E-state index is -0.513. The van der Waals surface area contributed by atoms with Crippen molar-refractivity contribution in [3.63, 3.8) is 0 Å². The average Bonchev–Trinajstić information content (AvgIpc) is 2.46.